The molecule has 1 aromatic rings. The van der Waals surface area contributed by atoms with E-state index in [2.05, 4.69) is 0 Å². The summed E-state index contributed by atoms with van der Waals surface area (Å²) < 4.78 is 25.2. The highest BCUT2D eigenvalue weighted by Gasteiger charge is 2.34. The Balaban J connectivity index is 2.42. The predicted octanol–water partition coefficient (Wildman–Crippen LogP) is 0.945. The van der Waals surface area contributed by atoms with Gasteiger partial charge in [0, 0.05) is 5.02 Å². The summed E-state index contributed by atoms with van der Waals surface area (Å²) in [6.45, 7) is 1.55. The van der Waals surface area contributed by atoms with Crippen molar-refractivity contribution in [3.05, 3.63) is 28.8 Å². The van der Waals surface area contributed by atoms with Crippen molar-refractivity contribution < 1.29 is 18.4 Å². The number of nitrogens with zero attached hydrogens (tertiary/aromatic N) is 1. The highest BCUT2D eigenvalue weighted by molar-refractivity contribution is 7.89. The molecule has 1 aromatic carbocycles. The summed E-state index contributed by atoms with van der Waals surface area (Å²) in [6.07, 6.45) is -0.788. The molecular formula is C10H12ClNO4S. The van der Waals surface area contributed by atoms with E-state index in [1.165, 1.54) is 6.07 Å². The molecule has 1 aliphatic heterocycles. The third kappa shape index (κ3) is 2.31. The summed E-state index contributed by atoms with van der Waals surface area (Å²) in [6, 6.07) is 4.65. The zero-order valence-electron chi connectivity index (χ0n) is 9.13. The Kier molecular flexibility index (Phi) is 3.42. The first kappa shape index (κ1) is 12.8. The van der Waals surface area contributed by atoms with E-state index in [9.17, 15) is 13.5 Å². The topological polar surface area (TPSA) is 66.8 Å². The van der Waals surface area contributed by atoms with E-state index in [4.69, 9.17) is 16.4 Å². The molecule has 17 heavy (non-hydrogen) atoms. The predicted molar refractivity (Wildman–Crippen MR) is 62.0 cm³/mol. The van der Waals surface area contributed by atoms with Crippen molar-refractivity contribution >= 4 is 21.6 Å². The van der Waals surface area contributed by atoms with E-state index in [0.717, 1.165) is 4.47 Å². The summed E-state index contributed by atoms with van der Waals surface area (Å²) in [5.41, 5.74) is 0.471. The molecule has 0 spiro atoms. The van der Waals surface area contributed by atoms with E-state index in [0.29, 0.717) is 10.6 Å². The second-order valence-corrected chi connectivity index (χ2v) is 6.01. The fraction of sp³-hybridized carbons (Fsp3) is 0.400. The maximum atomic E-state index is 12.2. The molecule has 7 heteroatoms. The third-order valence-electron chi connectivity index (χ3n) is 2.53. The first-order chi connectivity index (χ1) is 7.93. The van der Waals surface area contributed by atoms with E-state index < -0.39 is 16.1 Å². The Labute approximate surface area is 105 Å². The summed E-state index contributed by atoms with van der Waals surface area (Å²) in [4.78, 5) is 5.03. The van der Waals surface area contributed by atoms with Crippen molar-refractivity contribution in [2.24, 2.45) is 0 Å². The van der Waals surface area contributed by atoms with E-state index >= 15 is 0 Å². The van der Waals surface area contributed by atoms with Gasteiger partial charge in [-0.3, -0.25) is 4.84 Å². The standard InChI is InChI=1S/C10H12ClNO4S/c1-7-9(11)3-2-4-10(7)17(14,15)12-5-8(13)6-16-12/h2-4,8,13H,5-6H2,1H3/t8-/m0/s1. The van der Waals surface area contributed by atoms with Gasteiger partial charge in [0.25, 0.3) is 10.0 Å². The Morgan fingerprint density at radius 2 is 2.24 bits per heavy atom. The zero-order chi connectivity index (χ0) is 12.6. The van der Waals surface area contributed by atoms with E-state index in [1.54, 1.807) is 19.1 Å². The van der Waals surface area contributed by atoms with Crippen LogP contribution in [-0.2, 0) is 14.9 Å². The lowest BCUT2D eigenvalue weighted by Gasteiger charge is -2.16. The van der Waals surface area contributed by atoms with Crippen LogP contribution >= 0.6 is 11.6 Å². The molecule has 0 aliphatic carbocycles. The summed E-state index contributed by atoms with van der Waals surface area (Å²) in [7, 11) is -3.76. The Hall–Kier alpha value is -0.660. The second-order valence-electron chi connectivity index (χ2n) is 3.80. The minimum absolute atomic E-state index is 0.0150. The van der Waals surface area contributed by atoms with Gasteiger partial charge in [-0.2, -0.15) is 0 Å². The minimum atomic E-state index is -3.76. The Bertz CT molecular complexity index is 531. The van der Waals surface area contributed by atoms with Crippen molar-refractivity contribution in [2.45, 2.75) is 17.9 Å². The number of sulfonamides is 1. The van der Waals surface area contributed by atoms with Crippen molar-refractivity contribution in [1.82, 2.24) is 4.47 Å². The fourth-order valence-corrected chi connectivity index (χ4v) is 3.36. The quantitative estimate of drug-likeness (QED) is 0.874. The SMILES string of the molecule is Cc1c(Cl)cccc1S(=O)(=O)N1C[C@H](O)CO1. The molecule has 5 nitrogen and oxygen atoms in total. The zero-order valence-corrected chi connectivity index (χ0v) is 10.7. The van der Waals surface area contributed by atoms with Crippen molar-refractivity contribution in [2.75, 3.05) is 13.2 Å². The lowest BCUT2D eigenvalue weighted by Crippen LogP contribution is -2.29. The smallest absolute Gasteiger partial charge is 0.265 e. The van der Waals surface area contributed by atoms with Crippen molar-refractivity contribution in [1.29, 1.82) is 0 Å². The van der Waals surface area contributed by atoms with Gasteiger partial charge in [0.15, 0.2) is 0 Å². The van der Waals surface area contributed by atoms with Gasteiger partial charge in [0.05, 0.1) is 24.2 Å². The molecule has 1 saturated heterocycles. The first-order valence-corrected chi connectivity index (χ1v) is 6.83. The molecule has 0 bridgehead atoms. The van der Waals surface area contributed by atoms with Gasteiger partial charge < -0.3 is 5.11 Å². The number of hydroxylamine groups is 1. The van der Waals surface area contributed by atoms with E-state index in [-0.39, 0.29) is 18.0 Å². The highest BCUT2D eigenvalue weighted by atomic mass is 35.5. The van der Waals surface area contributed by atoms with Crippen LogP contribution in [0.1, 0.15) is 5.56 Å². The van der Waals surface area contributed by atoms with Crippen LogP contribution in [0, 0.1) is 6.92 Å². The van der Waals surface area contributed by atoms with Crippen LogP contribution in [0.5, 0.6) is 0 Å². The Morgan fingerprint density at radius 3 is 2.82 bits per heavy atom. The molecule has 0 saturated carbocycles. The van der Waals surface area contributed by atoms with Gasteiger partial charge in [0.1, 0.15) is 0 Å². The van der Waals surface area contributed by atoms with Crippen LogP contribution in [0.4, 0.5) is 0 Å². The van der Waals surface area contributed by atoms with Gasteiger partial charge in [-0.1, -0.05) is 22.1 Å². The monoisotopic (exact) mass is 277 g/mol. The lowest BCUT2D eigenvalue weighted by atomic mass is 10.2. The summed E-state index contributed by atoms with van der Waals surface area (Å²) in [5.74, 6) is 0. The molecule has 1 aliphatic rings. The normalized spacial score (nSPS) is 21.9. The largest absolute Gasteiger partial charge is 0.389 e. The van der Waals surface area contributed by atoms with Crippen molar-refractivity contribution in [3.63, 3.8) is 0 Å². The minimum Gasteiger partial charge on any atom is -0.389 e. The first-order valence-electron chi connectivity index (χ1n) is 5.02. The number of hydrogen-bond acceptors (Lipinski definition) is 4. The van der Waals surface area contributed by atoms with Gasteiger partial charge >= 0.3 is 0 Å². The highest BCUT2D eigenvalue weighted by Crippen LogP contribution is 2.27. The molecule has 0 radical (unpaired) electrons. The molecule has 0 amide bonds. The Morgan fingerprint density at radius 1 is 1.53 bits per heavy atom. The molecule has 1 N–H and O–H groups in total. The van der Waals surface area contributed by atoms with Crippen LogP contribution in [-0.4, -0.2) is 37.2 Å². The number of rotatable bonds is 2. The second kappa shape index (κ2) is 4.55. The maximum absolute atomic E-state index is 12.2. The van der Waals surface area contributed by atoms with Crippen LogP contribution < -0.4 is 0 Å². The number of aliphatic hydroxyl groups excluding tert-OH is 1. The fourth-order valence-electron chi connectivity index (χ4n) is 1.59. The van der Waals surface area contributed by atoms with Gasteiger partial charge in [-0.15, -0.1) is 0 Å². The molecule has 1 atom stereocenters. The number of hydrogen-bond donors (Lipinski definition) is 1. The average Bonchev–Trinajstić information content (AvgIpc) is 2.69. The third-order valence-corrected chi connectivity index (χ3v) is 4.73. The average molecular weight is 278 g/mol. The van der Waals surface area contributed by atoms with Crippen LogP contribution in [0.15, 0.2) is 23.1 Å². The van der Waals surface area contributed by atoms with Crippen LogP contribution in [0.3, 0.4) is 0 Å². The van der Waals surface area contributed by atoms with E-state index in [1.807, 2.05) is 0 Å². The van der Waals surface area contributed by atoms with Gasteiger partial charge in [-0.05, 0) is 24.6 Å². The maximum Gasteiger partial charge on any atom is 0.265 e. The molecular weight excluding hydrogens is 266 g/mol. The lowest BCUT2D eigenvalue weighted by molar-refractivity contribution is -0.0317. The summed E-state index contributed by atoms with van der Waals surface area (Å²) >= 11 is 5.88. The van der Waals surface area contributed by atoms with Gasteiger partial charge in [0.2, 0.25) is 0 Å². The number of aliphatic hydroxyl groups is 1. The van der Waals surface area contributed by atoms with Crippen LogP contribution in [0.2, 0.25) is 5.02 Å². The molecule has 1 heterocycles. The number of benzene rings is 1. The molecule has 2 rings (SSSR count). The number of β-amino-alcohol motifs (C(OH)–C–C–N with tert-alkyl or cyclic N) is 1. The molecule has 1 fully saturated rings. The van der Waals surface area contributed by atoms with Crippen LogP contribution in [0.25, 0.3) is 0 Å². The number of halogens is 1. The summed E-state index contributed by atoms with van der Waals surface area (Å²) in [5, 5.41) is 9.66. The molecule has 0 aromatic heterocycles. The molecule has 94 valence electrons. The van der Waals surface area contributed by atoms with Gasteiger partial charge in [-0.25, -0.2) is 8.42 Å². The van der Waals surface area contributed by atoms with Crippen molar-refractivity contribution in [3.8, 4) is 0 Å². The molecule has 0 unspecified atom stereocenters.